The Bertz CT molecular complexity index is 841. The minimum Gasteiger partial charge on any atom is -0.462 e. The molecule has 0 radical (unpaired) electrons. The number of anilines is 1. The number of benzene rings is 1. The van der Waals surface area contributed by atoms with Crippen LogP contribution in [0.1, 0.15) is 22.8 Å². The smallest absolute Gasteiger partial charge is 0.341 e. The highest BCUT2D eigenvalue weighted by atomic mass is 16.5. The fourth-order valence-electron chi connectivity index (χ4n) is 2.63. The zero-order valence-electron chi connectivity index (χ0n) is 13.5. The molecule has 0 fully saturated rings. The van der Waals surface area contributed by atoms with E-state index >= 15 is 0 Å². The summed E-state index contributed by atoms with van der Waals surface area (Å²) >= 11 is 0. The summed E-state index contributed by atoms with van der Waals surface area (Å²) in [6.07, 6.45) is 2.00. The van der Waals surface area contributed by atoms with Crippen molar-refractivity contribution >= 4 is 11.8 Å². The predicted molar refractivity (Wildman–Crippen MR) is 92.3 cm³/mol. The molecule has 0 bridgehead atoms. The summed E-state index contributed by atoms with van der Waals surface area (Å²) in [5.74, 6) is -0.0957. The first-order valence-corrected chi connectivity index (χ1v) is 7.87. The second-order valence-electron chi connectivity index (χ2n) is 5.43. The van der Waals surface area contributed by atoms with Gasteiger partial charge < -0.3 is 15.5 Å². The lowest BCUT2D eigenvalue weighted by atomic mass is 10.2. The Hall–Kier alpha value is -3.08. The maximum absolute atomic E-state index is 12.0. The van der Waals surface area contributed by atoms with E-state index in [9.17, 15) is 4.79 Å². The molecule has 0 amide bonds. The number of H-pyrrole nitrogens is 1. The molecular formula is C19H20N3O2+. The molecule has 3 rings (SSSR count). The number of nitrogens with one attached hydrogen (secondary N) is 1. The van der Waals surface area contributed by atoms with Gasteiger partial charge in [0.05, 0.1) is 6.61 Å². The molecule has 0 aliphatic heterocycles. The third kappa shape index (κ3) is 3.30. The normalized spacial score (nSPS) is 10.5. The molecule has 0 saturated heterocycles. The highest BCUT2D eigenvalue weighted by Crippen LogP contribution is 2.22. The van der Waals surface area contributed by atoms with Gasteiger partial charge in [-0.2, -0.15) is 4.57 Å². The monoisotopic (exact) mass is 322 g/mol. The van der Waals surface area contributed by atoms with Crippen LogP contribution in [0.15, 0.2) is 60.8 Å². The number of carbonyl (C=O) groups excluding carboxylic acids is 1. The van der Waals surface area contributed by atoms with Crippen molar-refractivity contribution in [2.45, 2.75) is 13.5 Å². The van der Waals surface area contributed by atoms with E-state index in [-0.39, 0.29) is 0 Å². The number of ether oxygens (including phenoxy) is 1. The Morgan fingerprint density at radius 3 is 2.67 bits per heavy atom. The van der Waals surface area contributed by atoms with Gasteiger partial charge in [0, 0.05) is 17.7 Å². The highest BCUT2D eigenvalue weighted by Gasteiger charge is 2.20. The number of hydrogen-bond donors (Lipinski definition) is 2. The summed E-state index contributed by atoms with van der Waals surface area (Å²) in [5, 5.41) is 0. The molecule has 3 aromatic rings. The number of nitrogen functional groups attached to an aromatic ring is 1. The number of esters is 1. The zero-order valence-corrected chi connectivity index (χ0v) is 13.5. The van der Waals surface area contributed by atoms with Crippen LogP contribution in [0.3, 0.4) is 0 Å². The molecule has 0 aliphatic carbocycles. The van der Waals surface area contributed by atoms with Crippen LogP contribution in [0.2, 0.25) is 0 Å². The largest absolute Gasteiger partial charge is 0.462 e. The molecule has 1 aromatic carbocycles. The van der Waals surface area contributed by atoms with E-state index in [4.69, 9.17) is 10.5 Å². The van der Waals surface area contributed by atoms with Gasteiger partial charge in [-0.15, -0.1) is 0 Å². The number of nitrogens with two attached hydrogens (primary N) is 1. The summed E-state index contributed by atoms with van der Waals surface area (Å²) in [6.45, 7) is 2.81. The number of carbonyl (C=O) groups is 1. The molecule has 2 aromatic heterocycles. The van der Waals surface area contributed by atoms with Gasteiger partial charge in [-0.3, -0.25) is 0 Å². The third-order valence-electron chi connectivity index (χ3n) is 3.76. The van der Waals surface area contributed by atoms with Gasteiger partial charge in [0.25, 0.3) is 0 Å². The minimum atomic E-state index is -0.414. The molecule has 5 nitrogen and oxygen atoms in total. The van der Waals surface area contributed by atoms with Crippen molar-refractivity contribution in [3.05, 3.63) is 71.9 Å². The third-order valence-corrected chi connectivity index (χ3v) is 3.76. The number of aromatic amines is 1. The molecule has 0 spiro atoms. The van der Waals surface area contributed by atoms with Crippen molar-refractivity contribution in [1.29, 1.82) is 0 Å². The van der Waals surface area contributed by atoms with Gasteiger partial charge >= 0.3 is 5.97 Å². The van der Waals surface area contributed by atoms with Gasteiger partial charge in [0.2, 0.25) is 5.69 Å². The Kier molecular flexibility index (Phi) is 4.61. The van der Waals surface area contributed by atoms with Gasteiger partial charge in [-0.25, -0.2) is 4.79 Å². The van der Waals surface area contributed by atoms with Gasteiger partial charge in [-0.1, -0.05) is 30.3 Å². The first kappa shape index (κ1) is 15.8. The fraction of sp³-hybridized carbons (Fsp3) is 0.158. The lowest BCUT2D eigenvalue weighted by molar-refractivity contribution is -0.677. The Morgan fingerprint density at radius 1 is 1.17 bits per heavy atom. The zero-order chi connectivity index (χ0) is 16.9. The summed E-state index contributed by atoms with van der Waals surface area (Å²) in [7, 11) is 0. The SMILES string of the molecule is CCOC(=O)c1cc(-c2cccc[n+]2Cc2ccccc2)[nH]c1N. The number of aromatic nitrogens is 2. The Balaban J connectivity index is 1.96. The standard InChI is InChI=1S/C19H19N3O2/c1-2-24-19(23)15-12-16(21-18(15)20)17-10-6-7-11-22(17)13-14-8-4-3-5-9-14/h3-12H,2,13H2,1H3,(H2,20,21)/p+1. The van der Waals surface area contributed by atoms with Crippen molar-refractivity contribution in [3.8, 4) is 11.4 Å². The van der Waals surface area contributed by atoms with E-state index in [1.165, 1.54) is 5.56 Å². The van der Waals surface area contributed by atoms with Crippen LogP contribution in [0.25, 0.3) is 11.4 Å². The van der Waals surface area contributed by atoms with E-state index in [1.54, 1.807) is 13.0 Å². The van der Waals surface area contributed by atoms with Gasteiger partial charge in [0.1, 0.15) is 17.1 Å². The molecule has 24 heavy (non-hydrogen) atoms. The molecule has 0 atom stereocenters. The molecule has 0 saturated carbocycles. The van der Waals surface area contributed by atoms with E-state index in [0.29, 0.717) is 18.0 Å². The Morgan fingerprint density at radius 2 is 1.92 bits per heavy atom. The van der Waals surface area contributed by atoms with Crippen molar-refractivity contribution in [1.82, 2.24) is 4.98 Å². The lowest BCUT2D eigenvalue weighted by Gasteiger charge is -2.02. The van der Waals surface area contributed by atoms with Crippen LogP contribution in [0, 0.1) is 0 Å². The first-order chi connectivity index (χ1) is 11.7. The summed E-state index contributed by atoms with van der Waals surface area (Å²) in [4.78, 5) is 15.0. The number of hydrogen-bond acceptors (Lipinski definition) is 3. The van der Waals surface area contributed by atoms with E-state index < -0.39 is 5.97 Å². The average Bonchev–Trinajstić information content (AvgIpc) is 2.98. The highest BCUT2D eigenvalue weighted by molar-refractivity contribution is 5.96. The number of nitrogens with zero attached hydrogens (tertiary/aromatic N) is 1. The van der Waals surface area contributed by atoms with Crippen molar-refractivity contribution in [2.24, 2.45) is 0 Å². The summed E-state index contributed by atoms with van der Waals surface area (Å²) in [5.41, 5.74) is 9.24. The number of rotatable bonds is 5. The first-order valence-electron chi connectivity index (χ1n) is 7.87. The predicted octanol–water partition coefficient (Wildman–Crippen LogP) is 2.78. The van der Waals surface area contributed by atoms with Crippen molar-refractivity contribution in [3.63, 3.8) is 0 Å². The molecule has 122 valence electrons. The topological polar surface area (TPSA) is 72.0 Å². The second kappa shape index (κ2) is 7.00. The molecule has 0 aliphatic rings. The van der Waals surface area contributed by atoms with Gasteiger partial charge in [-0.05, 0) is 19.1 Å². The van der Waals surface area contributed by atoms with Crippen LogP contribution >= 0.6 is 0 Å². The molecule has 2 heterocycles. The number of pyridine rings is 1. The molecule has 3 N–H and O–H groups in total. The lowest BCUT2D eigenvalue weighted by Crippen LogP contribution is -2.36. The molecule has 0 unspecified atom stereocenters. The molecule has 5 heteroatoms. The van der Waals surface area contributed by atoms with Crippen LogP contribution in [-0.2, 0) is 11.3 Å². The fourth-order valence-corrected chi connectivity index (χ4v) is 2.63. The summed E-state index contributed by atoms with van der Waals surface area (Å²) in [6, 6.07) is 17.9. The van der Waals surface area contributed by atoms with E-state index in [1.807, 2.05) is 42.6 Å². The van der Waals surface area contributed by atoms with Crippen LogP contribution in [-0.4, -0.2) is 17.6 Å². The van der Waals surface area contributed by atoms with Crippen LogP contribution in [0.4, 0.5) is 5.82 Å². The molecular weight excluding hydrogens is 302 g/mol. The second-order valence-corrected chi connectivity index (χ2v) is 5.43. The van der Waals surface area contributed by atoms with Crippen molar-refractivity contribution in [2.75, 3.05) is 12.3 Å². The maximum atomic E-state index is 12.0. The maximum Gasteiger partial charge on any atom is 0.341 e. The van der Waals surface area contributed by atoms with E-state index in [2.05, 4.69) is 21.7 Å². The quantitative estimate of drug-likeness (QED) is 0.560. The summed E-state index contributed by atoms with van der Waals surface area (Å²) < 4.78 is 7.14. The Labute approximate surface area is 140 Å². The van der Waals surface area contributed by atoms with Crippen LogP contribution in [0.5, 0.6) is 0 Å². The van der Waals surface area contributed by atoms with Crippen molar-refractivity contribution < 1.29 is 14.1 Å². The minimum absolute atomic E-state index is 0.318. The van der Waals surface area contributed by atoms with Gasteiger partial charge in [0.15, 0.2) is 12.7 Å². The average molecular weight is 322 g/mol. The van der Waals surface area contributed by atoms with Crippen LogP contribution < -0.4 is 10.3 Å². The van der Waals surface area contributed by atoms with E-state index in [0.717, 1.165) is 17.9 Å².